The Kier molecular flexibility index (Phi) is 3.86. The van der Waals surface area contributed by atoms with Gasteiger partial charge in [-0.2, -0.15) is 0 Å². The molecule has 1 atom stereocenters. The second-order valence-corrected chi connectivity index (χ2v) is 4.85. The summed E-state index contributed by atoms with van der Waals surface area (Å²) in [6.07, 6.45) is 3.07. The lowest BCUT2D eigenvalue weighted by Crippen LogP contribution is -2.40. The van der Waals surface area contributed by atoms with Crippen LogP contribution >= 0.6 is 0 Å². The molecule has 2 rings (SSSR count). The number of hydrogen-bond donors (Lipinski definition) is 1. The van der Waals surface area contributed by atoms with Gasteiger partial charge in [-0.25, -0.2) is 4.79 Å². The van der Waals surface area contributed by atoms with Crippen molar-refractivity contribution in [2.45, 2.75) is 38.7 Å². The first-order valence-corrected chi connectivity index (χ1v) is 6.41. The number of rotatable bonds is 2. The van der Waals surface area contributed by atoms with Crippen LogP contribution in [-0.2, 0) is 9.53 Å². The van der Waals surface area contributed by atoms with Crippen molar-refractivity contribution in [2.75, 3.05) is 19.6 Å². The van der Waals surface area contributed by atoms with Crippen molar-refractivity contribution < 1.29 is 14.3 Å². The average molecular weight is 240 g/mol. The molecule has 2 amide bonds. The van der Waals surface area contributed by atoms with Crippen LogP contribution in [0.1, 0.15) is 32.6 Å². The molecule has 2 fully saturated rings. The number of carbonyl (C=O) groups is 2. The Morgan fingerprint density at radius 2 is 2.18 bits per heavy atom. The van der Waals surface area contributed by atoms with E-state index in [1.54, 1.807) is 4.90 Å². The van der Waals surface area contributed by atoms with Gasteiger partial charge in [-0.3, -0.25) is 4.79 Å². The zero-order chi connectivity index (χ0) is 12.3. The number of hydrogen-bond acceptors (Lipinski definition) is 3. The minimum Gasteiger partial charge on any atom is -0.444 e. The summed E-state index contributed by atoms with van der Waals surface area (Å²) >= 11 is 0. The van der Waals surface area contributed by atoms with Crippen molar-refractivity contribution in [3.8, 4) is 0 Å². The largest absolute Gasteiger partial charge is 0.444 e. The highest BCUT2D eigenvalue weighted by molar-refractivity contribution is 5.79. The Hall–Kier alpha value is -1.26. The Balaban J connectivity index is 1.75. The van der Waals surface area contributed by atoms with E-state index in [4.69, 9.17) is 4.74 Å². The summed E-state index contributed by atoms with van der Waals surface area (Å²) in [7, 11) is 0. The van der Waals surface area contributed by atoms with E-state index in [-0.39, 0.29) is 18.1 Å². The van der Waals surface area contributed by atoms with E-state index in [1.807, 2.05) is 0 Å². The zero-order valence-corrected chi connectivity index (χ0v) is 10.3. The quantitative estimate of drug-likeness (QED) is 0.787. The minimum absolute atomic E-state index is 0.0347. The van der Waals surface area contributed by atoms with Crippen LogP contribution in [0.15, 0.2) is 0 Å². The summed E-state index contributed by atoms with van der Waals surface area (Å²) in [5, 5.41) is 2.66. The lowest BCUT2D eigenvalue weighted by atomic mass is 9.95. The van der Waals surface area contributed by atoms with Gasteiger partial charge in [0.15, 0.2) is 0 Å². The summed E-state index contributed by atoms with van der Waals surface area (Å²) in [6.45, 7) is 4.21. The van der Waals surface area contributed by atoms with Crippen molar-refractivity contribution in [2.24, 2.45) is 5.92 Å². The standard InChI is InChI=1S/C12H20N2O3/c1-2-9-3-5-14(6-4-9)12(16)17-10-7-11(15)13-8-10/h9-10H,2-8H2,1H3,(H,13,15). The fourth-order valence-electron chi connectivity index (χ4n) is 2.40. The summed E-state index contributed by atoms with van der Waals surface area (Å²) in [4.78, 5) is 24.6. The topological polar surface area (TPSA) is 58.6 Å². The molecule has 0 aromatic carbocycles. The third kappa shape index (κ3) is 3.11. The molecular formula is C12H20N2O3. The maximum atomic E-state index is 11.8. The van der Waals surface area contributed by atoms with Gasteiger partial charge >= 0.3 is 6.09 Å². The molecule has 0 spiro atoms. The second kappa shape index (κ2) is 5.38. The van der Waals surface area contributed by atoms with E-state index in [9.17, 15) is 9.59 Å². The predicted molar refractivity (Wildman–Crippen MR) is 62.5 cm³/mol. The predicted octanol–water partition coefficient (Wildman–Crippen LogP) is 1.13. The Morgan fingerprint density at radius 1 is 1.47 bits per heavy atom. The summed E-state index contributed by atoms with van der Waals surface area (Å²) < 4.78 is 5.29. The van der Waals surface area contributed by atoms with Crippen LogP contribution < -0.4 is 5.32 Å². The number of carbonyl (C=O) groups excluding carboxylic acids is 2. The SMILES string of the molecule is CCC1CCN(C(=O)OC2CNC(=O)C2)CC1. The maximum Gasteiger partial charge on any atom is 0.410 e. The number of ether oxygens (including phenoxy) is 1. The third-order valence-electron chi connectivity index (χ3n) is 3.66. The lowest BCUT2D eigenvalue weighted by molar-refractivity contribution is -0.119. The molecule has 2 aliphatic heterocycles. The molecule has 5 nitrogen and oxygen atoms in total. The molecule has 96 valence electrons. The van der Waals surface area contributed by atoms with Crippen molar-refractivity contribution in [3.63, 3.8) is 0 Å². The number of amides is 2. The Labute approximate surface area is 101 Å². The molecule has 0 aliphatic carbocycles. The number of nitrogens with zero attached hydrogens (tertiary/aromatic N) is 1. The molecule has 0 aromatic heterocycles. The first-order valence-electron chi connectivity index (χ1n) is 6.41. The molecule has 5 heteroatoms. The van der Waals surface area contributed by atoms with Gasteiger partial charge in [-0.15, -0.1) is 0 Å². The molecule has 0 aromatic rings. The van der Waals surface area contributed by atoms with Crippen molar-refractivity contribution in [1.82, 2.24) is 10.2 Å². The normalized spacial score (nSPS) is 25.8. The highest BCUT2D eigenvalue weighted by atomic mass is 16.6. The van der Waals surface area contributed by atoms with Gasteiger partial charge in [-0.05, 0) is 18.8 Å². The summed E-state index contributed by atoms with van der Waals surface area (Å²) in [5.41, 5.74) is 0. The Morgan fingerprint density at radius 3 is 2.71 bits per heavy atom. The van der Waals surface area contributed by atoms with Crippen LogP contribution in [0.25, 0.3) is 0 Å². The van der Waals surface area contributed by atoms with E-state index in [1.165, 1.54) is 6.42 Å². The van der Waals surface area contributed by atoms with Gasteiger partial charge in [0, 0.05) is 13.1 Å². The minimum atomic E-state index is -0.279. The van der Waals surface area contributed by atoms with E-state index in [0.717, 1.165) is 31.8 Å². The molecule has 1 unspecified atom stereocenters. The van der Waals surface area contributed by atoms with Crippen molar-refractivity contribution in [1.29, 1.82) is 0 Å². The first-order chi connectivity index (χ1) is 8.19. The number of likely N-dealkylation sites (tertiary alicyclic amines) is 1. The van der Waals surface area contributed by atoms with Crippen LogP contribution in [0.4, 0.5) is 4.79 Å². The molecule has 1 N–H and O–H groups in total. The van der Waals surface area contributed by atoms with Gasteiger partial charge < -0.3 is 15.0 Å². The molecule has 2 saturated heterocycles. The van der Waals surface area contributed by atoms with E-state index in [2.05, 4.69) is 12.2 Å². The highest BCUT2D eigenvalue weighted by Crippen LogP contribution is 2.20. The molecule has 0 radical (unpaired) electrons. The summed E-state index contributed by atoms with van der Waals surface area (Å²) in [6, 6.07) is 0. The smallest absolute Gasteiger partial charge is 0.410 e. The third-order valence-corrected chi connectivity index (χ3v) is 3.66. The molecule has 2 aliphatic rings. The molecular weight excluding hydrogens is 220 g/mol. The van der Waals surface area contributed by atoms with Gasteiger partial charge in [0.2, 0.25) is 5.91 Å². The van der Waals surface area contributed by atoms with E-state index < -0.39 is 0 Å². The van der Waals surface area contributed by atoms with Crippen molar-refractivity contribution in [3.05, 3.63) is 0 Å². The number of nitrogens with one attached hydrogen (secondary N) is 1. The van der Waals surface area contributed by atoms with Crippen LogP contribution in [0.3, 0.4) is 0 Å². The highest BCUT2D eigenvalue weighted by Gasteiger charge is 2.28. The van der Waals surface area contributed by atoms with Crippen molar-refractivity contribution >= 4 is 12.0 Å². The molecule has 0 bridgehead atoms. The van der Waals surface area contributed by atoms with Gasteiger partial charge in [-0.1, -0.05) is 13.3 Å². The van der Waals surface area contributed by atoms with E-state index >= 15 is 0 Å². The van der Waals surface area contributed by atoms with Gasteiger partial charge in [0.05, 0.1) is 13.0 Å². The second-order valence-electron chi connectivity index (χ2n) is 4.85. The molecule has 17 heavy (non-hydrogen) atoms. The summed E-state index contributed by atoms with van der Waals surface area (Å²) in [5.74, 6) is 0.710. The Bertz CT molecular complexity index is 298. The fraction of sp³-hybridized carbons (Fsp3) is 0.833. The average Bonchev–Trinajstić information content (AvgIpc) is 2.75. The van der Waals surface area contributed by atoms with Crippen LogP contribution in [0.2, 0.25) is 0 Å². The number of piperidine rings is 1. The maximum absolute atomic E-state index is 11.8. The van der Waals surface area contributed by atoms with Crippen LogP contribution in [0.5, 0.6) is 0 Å². The van der Waals surface area contributed by atoms with Crippen LogP contribution in [-0.4, -0.2) is 42.6 Å². The zero-order valence-electron chi connectivity index (χ0n) is 10.3. The molecule has 0 saturated carbocycles. The first kappa shape index (κ1) is 12.2. The van der Waals surface area contributed by atoms with E-state index in [0.29, 0.717) is 13.0 Å². The van der Waals surface area contributed by atoms with Gasteiger partial charge in [0.1, 0.15) is 6.10 Å². The fourth-order valence-corrected chi connectivity index (χ4v) is 2.40. The monoisotopic (exact) mass is 240 g/mol. The molecule has 2 heterocycles. The lowest BCUT2D eigenvalue weighted by Gasteiger charge is -2.31. The van der Waals surface area contributed by atoms with Crippen LogP contribution in [0, 0.1) is 5.92 Å². The van der Waals surface area contributed by atoms with Gasteiger partial charge in [0.25, 0.3) is 0 Å².